The quantitative estimate of drug-likeness (QED) is 0.175. The molecule has 0 unspecified atom stereocenters. The number of aliphatic hydroxyl groups is 1. The number of carbonyl (C=O) groups excluding carboxylic acids is 2. The van der Waals surface area contributed by atoms with E-state index in [4.69, 9.17) is 9.47 Å². The molecule has 1 saturated heterocycles. The zero-order valence-electron chi connectivity index (χ0n) is 26.0. The molecule has 46 heavy (non-hydrogen) atoms. The van der Waals surface area contributed by atoms with Gasteiger partial charge in [-0.1, -0.05) is 30.3 Å². The molecule has 0 spiro atoms. The van der Waals surface area contributed by atoms with Gasteiger partial charge in [-0.05, 0) is 74.4 Å². The van der Waals surface area contributed by atoms with Gasteiger partial charge in [0.15, 0.2) is 0 Å². The molecule has 3 N–H and O–H groups in total. The summed E-state index contributed by atoms with van der Waals surface area (Å²) < 4.78 is 40.7. The summed E-state index contributed by atoms with van der Waals surface area (Å²) in [4.78, 5) is 26.3. The Morgan fingerprint density at radius 1 is 1.04 bits per heavy atom. The summed E-state index contributed by atoms with van der Waals surface area (Å²) in [5.41, 5.74) is 2.08. The summed E-state index contributed by atoms with van der Waals surface area (Å²) in [6.07, 6.45) is 1.89. The summed E-state index contributed by atoms with van der Waals surface area (Å²) in [5, 5.41) is 15.3. The van der Waals surface area contributed by atoms with E-state index in [1.54, 1.807) is 53.4 Å². The van der Waals surface area contributed by atoms with Gasteiger partial charge in [-0.2, -0.15) is 0 Å². The minimum Gasteiger partial charge on any atom is -0.460 e. The van der Waals surface area contributed by atoms with Gasteiger partial charge in [-0.3, -0.25) is 9.52 Å². The number of benzene rings is 3. The molecule has 0 radical (unpaired) electrons. The maximum atomic E-state index is 12.7. The second kappa shape index (κ2) is 14.5. The van der Waals surface area contributed by atoms with E-state index in [0.29, 0.717) is 43.1 Å². The first-order chi connectivity index (χ1) is 22.0. The molecule has 1 fully saturated rings. The van der Waals surface area contributed by atoms with Gasteiger partial charge in [0.2, 0.25) is 5.91 Å². The van der Waals surface area contributed by atoms with Crippen LogP contribution in [0.4, 0.5) is 5.69 Å². The van der Waals surface area contributed by atoms with Gasteiger partial charge >= 0.3 is 5.97 Å². The molecule has 0 bridgehead atoms. The molecule has 244 valence electrons. The van der Waals surface area contributed by atoms with Crippen molar-refractivity contribution in [1.29, 1.82) is 0 Å². The third-order valence-corrected chi connectivity index (χ3v) is 9.41. The number of aliphatic hydroxyl groups excluding tert-OH is 1. The van der Waals surface area contributed by atoms with Crippen molar-refractivity contribution in [2.45, 2.75) is 43.4 Å². The van der Waals surface area contributed by atoms with Crippen molar-refractivity contribution >= 4 is 38.5 Å². The Morgan fingerprint density at radius 3 is 2.63 bits per heavy atom. The Kier molecular flexibility index (Phi) is 10.4. The molecule has 2 heterocycles. The number of carbonyl (C=O) groups is 2. The van der Waals surface area contributed by atoms with Crippen molar-refractivity contribution < 1.29 is 32.6 Å². The number of hydrogen-bond donors (Lipinski definition) is 3. The van der Waals surface area contributed by atoms with Gasteiger partial charge in [-0.25, -0.2) is 13.2 Å². The monoisotopic (exact) mass is 648 g/mol. The Morgan fingerprint density at radius 2 is 1.85 bits per heavy atom. The van der Waals surface area contributed by atoms with Crippen LogP contribution in [-0.2, 0) is 30.8 Å². The molecule has 11 nitrogen and oxygen atoms in total. The van der Waals surface area contributed by atoms with Crippen LogP contribution in [0.25, 0.3) is 10.9 Å². The zero-order valence-corrected chi connectivity index (χ0v) is 26.8. The molecule has 1 atom stereocenters. The molecule has 0 aliphatic carbocycles. The van der Waals surface area contributed by atoms with Crippen molar-refractivity contribution in [1.82, 2.24) is 14.8 Å². The maximum Gasteiger partial charge on any atom is 0.338 e. The number of morpholine rings is 1. The molecule has 1 aliphatic rings. The van der Waals surface area contributed by atoms with Crippen molar-refractivity contribution in [2.75, 3.05) is 44.2 Å². The predicted octanol–water partition coefficient (Wildman–Crippen LogP) is 3.95. The van der Waals surface area contributed by atoms with Gasteiger partial charge in [0.25, 0.3) is 10.0 Å². The molecule has 1 amide bonds. The second-order valence-electron chi connectivity index (χ2n) is 11.9. The number of rotatable bonds is 14. The topological polar surface area (TPSA) is 139 Å². The maximum absolute atomic E-state index is 12.7. The van der Waals surface area contributed by atoms with E-state index in [1.807, 2.05) is 24.4 Å². The Balaban J connectivity index is 1.11. The number of sulfonamides is 1. The smallest absolute Gasteiger partial charge is 0.338 e. The largest absolute Gasteiger partial charge is 0.460 e. The summed E-state index contributed by atoms with van der Waals surface area (Å²) in [5.74, 6) is -0.532. The summed E-state index contributed by atoms with van der Waals surface area (Å²) >= 11 is 0. The highest BCUT2D eigenvalue weighted by Crippen LogP contribution is 2.23. The Labute approximate surface area is 269 Å². The van der Waals surface area contributed by atoms with Crippen molar-refractivity contribution in [3.8, 4) is 0 Å². The third-order valence-electron chi connectivity index (χ3n) is 8.01. The van der Waals surface area contributed by atoms with Crippen LogP contribution in [0, 0.1) is 0 Å². The van der Waals surface area contributed by atoms with Crippen molar-refractivity contribution in [3.05, 3.63) is 96.2 Å². The number of aromatic nitrogens is 1. The Bertz CT molecular complexity index is 1770. The highest BCUT2D eigenvalue weighted by atomic mass is 32.2. The number of hydrogen-bond acceptors (Lipinski definition) is 8. The Hall–Kier alpha value is -4.23. The van der Waals surface area contributed by atoms with E-state index in [1.165, 1.54) is 12.1 Å². The average molecular weight is 649 g/mol. The van der Waals surface area contributed by atoms with E-state index in [2.05, 4.69) is 28.5 Å². The molecule has 1 aromatic heterocycles. The molecule has 5 rings (SSSR count). The fraction of sp³-hybridized carbons (Fsp3) is 0.353. The van der Waals surface area contributed by atoms with Crippen LogP contribution in [0.2, 0.25) is 0 Å². The summed E-state index contributed by atoms with van der Waals surface area (Å²) in [6.45, 7) is 6.62. The van der Waals surface area contributed by atoms with E-state index in [9.17, 15) is 23.1 Å². The van der Waals surface area contributed by atoms with Crippen LogP contribution in [0.1, 0.15) is 42.3 Å². The lowest BCUT2D eigenvalue weighted by Crippen LogP contribution is -2.43. The first-order valence-electron chi connectivity index (χ1n) is 15.2. The minimum absolute atomic E-state index is 0.0644. The number of nitrogens with one attached hydrogen (secondary N) is 2. The number of β-amino-alcohol motifs (C(OH)–C–C–N with tert-alkyl or cyclic N) is 1. The van der Waals surface area contributed by atoms with E-state index in [-0.39, 0.29) is 36.1 Å². The van der Waals surface area contributed by atoms with Crippen molar-refractivity contribution in [3.63, 3.8) is 0 Å². The van der Waals surface area contributed by atoms with E-state index < -0.39 is 22.1 Å². The van der Waals surface area contributed by atoms with Crippen LogP contribution in [0.15, 0.2) is 90.0 Å². The van der Waals surface area contributed by atoms with Gasteiger partial charge in [0, 0.05) is 48.0 Å². The number of esters is 1. The first kappa shape index (κ1) is 33.1. The van der Waals surface area contributed by atoms with Gasteiger partial charge in [0.1, 0.15) is 13.2 Å². The third kappa shape index (κ3) is 8.52. The lowest BCUT2D eigenvalue weighted by molar-refractivity contribution is -0.143. The SMILES string of the molecule is CC(C)(CCn1ccc2cc(C(=O)OCCN3CCOCC3=O)ccc21)NC[C@H](O)c1cccc(NS(=O)(=O)c2ccccc2)c1. The number of fused-ring (bicyclic) bond motifs is 1. The summed E-state index contributed by atoms with van der Waals surface area (Å²) in [7, 11) is -3.74. The molecular weight excluding hydrogens is 608 g/mol. The average Bonchev–Trinajstić information content (AvgIpc) is 3.46. The molecule has 0 saturated carbocycles. The lowest BCUT2D eigenvalue weighted by Gasteiger charge is -2.28. The second-order valence-corrected chi connectivity index (χ2v) is 13.6. The zero-order chi connectivity index (χ0) is 32.7. The molecule has 12 heteroatoms. The number of anilines is 1. The van der Waals surface area contributed by atoms with Crippen LogP contribution in [0.3, 0.4) is 0 Å². The van der Waals surface area contributed by atoms with Crippen LogP contribution < -0.4 is 10.0 Å². The summed E-state index contributed by atoms with van der Waals surface area (Å²) in [6, 6.07) is 22.3. The predicted molar refractivity (Wildman–Crippen MR) is 175 cm³/mol. The van der Waals surface area contributed by atoms with Crippen LogP contribution in [-0.4, -0.2) is 79.9 Å². The van der Waals surface area contributed by atoms with Gasteiger partial charge in [0.05, 0.1) is 29.7 Å². The van der Waals surface area contributed by atoms with Gasteiger partial charge < -0.3 is 29.4 Å². The molecule has 1 aliphatic heterocycles. The number of amides is 1. The molecular formula is C34H40N4O7S. The molecule has 3 aromatic carbocycles. The standard InChI is InChI=1S/C34H40N4O7S/c1-34(2,35-23-31(39)26-7-6-8-28(22-26)36-46(42,43)29-9-4-3-5-10-29)14-16-37-15-13-25-21-27(11-12-30(25)37)33(41)45-20-18-38-17-19-44-24-32(38)40/h3-13,15,21-22,31,35-36,39H,14,16-20,23-24H2,1-2H3/t31-/m0/s1. The lowest BCUT2D eigenvalue weighted by atomic mass is 9.99. The highest BCUT2D eigenvalue weighted by molar-refractivity contribution is 7.92. The number of ether oxygens (including phenoxy) is 2. The van der Waals surface area contributed by atoms with Crippen LogP contribution >= 0.6 is 0 Å². The van der Waals surface area contributed by atoms with Crippen molar-refractivity contribution in [2.24, 2.45) is 0 Å². The van der Waals surface area contributed by atoms with Crippen LogP contribution in [0.5, 0.6) is 0 Å². The molecule has 4 aromatic rings. The normalized spacial score (nSPS) is 14.8. The minimum atomic E-state index is -3.74. The fourth-order valence-electron chi connectivity index (χ4n) is 5.24. The number of nitrogens with zero attached hydrogens (tertiary/aromatic N) is 2. The highest BCUT2D eigenvalue weighted by Gasteiger charge is 2.22. The fourth-order valence-corrected chi connectivity index (χ4v) is 6.31. The van der Waals surface area contributed by atoms with E-state index in [0.717, 1.165) is 17.3 Å². The first-order valence-corrected chi connectivity index (χ1v) is 16.7. The van der Waals surface area contributed by atoms with E-state index >= 15 is 0 Å². The number of aryl methyl sites for hydroxylation is 1. The van der Waals surface area contributed by atoms with Gasteiger partial charge in [-0.15, -0.1) is 0 Å².